The van der Waals surface area contributed by atoms with Crippen LogP contribution in [-0.4, -0.2) is 74.7 Å². The van der Waals surface area contributed by atoms with Gasteiger partial charge in [-0.15, -0.1) is 0 Å². The molecule has 0 aromatic rings. The second-order valence-electron chi connectivity index (χ2n) is 7.50. The Morgan fingerprint density at radius 2 is 1.91 bits per heavy atom. The summed E-state index contributed by atoms with van der Waals surface area (Å²) in [7, 11) is 4.09. The molecule has 23 heavy (non-hydrogen) atoms. The van der Waals surface area contributed by atoms with Crippen LogP contribution in [0.2, 0.25) is 0 Å². The lowest BCUT2D eigenvalue weighted by Crippen LogP contribution is -2.46. The molecule has 2 rings (SSSR count). The Hall–Kier alpha value is -0.810. The Kier molecular flexibility index (Phi) is 7.63. The summed E-state index contributed by atoms with van der Waals surface area (Å²) in [4.78, 5) is 9.42. The molecule has 2 N–H and O–H groups in total. The number of hydrogen-bond acceptors (Lipinski definition) is 3. The Labute approximate surface area is 142 Å². The van der Waals surface area contributed by atoms with Crippen LogP contribution in [0.25, 0.3) is 0 Å². The Morgan fingerprint density at radius 1 is 1.22 bits per heavy atom. The van der Waals surface area contributed by atoms with Crippen molar-refractivity contribution in [2.24, 2.45) is 10.9 Å². The van der Waals surface area contributed by atoms with Crippen molar-refractivity contribution in [3.05, 3.63) is 0 Å². The van der Waals surface area contributed by atoms with E-state index in [0.717, 1.165) is 31.0 Å². The molecule has 0 aromatic heterocycles. The highest BCUT2D eigenvalue weighted by molar-refractivity contribution is 5.79. The number of aliphatic imine (C=N–C) groups is 1. The largest absolute Gasteiger partial charge is 0.356 e. The van der Waals surface area contributed by atoms with Gasteiger partial charge in [0.1, 0.15) is 0 Å². The summed E-state index contributed by atoms with van der Waals surface area (Å²) in [6, 6.07) is 1.37. The molecule has 134 valence electrons. The average molecular weight is 324 g/mol. The third-order valence-corrected chi connectivity index (χ3v) is 5.43. The first kappa shape index (κ1) is 18.5. The second-order valence-corrected chi connectivity index (χ2v) is 7.50. The molecule has 1 heterocycles. The van der Waals surface area contributed by atoms with Crippen LogP contribution >= 0.6 is 0 Å². The van der Waals surface area contributed by atoms with E-state index in [1.165, 1.54) is 51.7 Å². The highest BCUT2D eigenvalue weighted by Gasteiger charge is 2.28. The summed E-state index contributed by atoms with van der Waals surface area (Å²) in [5.74, 6) is 1.86. The summed E-state index contributed by atoms with van der Waals surface area (Å²) < 4.78 is 0. The minimum Gasteiger partial charge on any atom is -0.356 e. The maximum absolute atomic E-state index is 4.34. The molecule has 5 heteroatoms. The molecule has 1 atom stereocenters. The van der Waals surface area contributed by atoms with Crippen LogP contribution in [0.3, 0.4) is 0 Å². The third kappa shape index (κ3) is 6.68. The van der Waals surface area contributed by atoms with Gasteiger partial charge in [0.05, 0.1) is 0 Å². The van der Waals surface area contributed by atoms with Crippen LogP contribution in [0.1, 0.15) is 46.0 Å². The molecule has 0 amide bonds. The SMILES string of the molecule is CN=C(NCCCN1CCC(C)CC1)NCC(C)N(C)C1CC1. The van der Waals surface area contributed by atoms with Gasteiger partial charge in [0.25, 0.3) is 0 Å². The van der Waals surface area contributed by atoms with Gasteiger partial charge in [-0.1, -0.05) is 6.92 Å². The zero-order chi connectivity index (χ0) is 16.7. The standard InChI is InChI=1S/C18H37N5/c1-15-8-12-23(13-9-15)11-5-10-20-18(19-3)21-14-16(2)22(4)17-6-7-17/h15-17H,5-14H2,1-4H3,(H2,19,20,21). The summed E-state index contributed by atoms with van der Waals surface area (Å²) in [6.07, 6.45) is 6.64. The number of nitrogens with zero attached hydrogens (tertiary/aromatic N) is 3. The molecule has 2 fully saturated rings. The number of piperidine rings is 1. The average Bonchev–Trinajstić information content (AvgIpc) is 3.39. The van der Waals surface area contributed by atoms with Gasteiger partial charge < -0.3 is 15.5 Å². The first-order valence-corrected chi connectivity index (χ1v) is 9.49. The van der Waals surface area contributed by atoms with Gasteiger partial charge in [-0.25, -0.2) is 0 Å². The maximum Gasteiger partial charge on any atom is 0.191 e. The lowest BCUT2D eigenvalue weighted by Gasteiger charge is -2.30. The van der Waals surface area contributed by atoms with Gasteiger partial charge in [-0.2, -0.15) is 0 Å². The molecule has 0 spiro atoms. The number of guanidine groups is 1. The van der Waals surface area contributed by atoms with Gasteiger partial charge in [0, 0.05) is 32.2 Å². The normalized spacial score (nSPS) is 22.4. The van der Waals surface area contributed by atoms with E-state index in [2.05, 4.69) is 46.3 Å². The van der Waals surface area contributed by atoms with E-state index in [1.54, 1.807) is 0 Å². The van der Waals surface area contributed by atoms with Crippen molar-refractivity contribution in [3.8, 4) is 0 Å². The van der Waals surface area contributed by atoms with Gasteiger partial charge in [0.2, 0.25) is 0 Å². The van der Waals surface area contributed by atoms with E-state index in [-0.39, 0.29) is 0 Å². The quantitative estimate of drug-likeness (QED) is 0.406. The van der Waals surface area contributed by atoms with Gasteiger partial charge in [-0.05, 0) is 71.6 Å². The Balaban J connectivity index is 1.54. The predicted octanol–water partition coefficient (Wildman–Crippen LogP) is 1.76. The van der Waals surface area contributed by atoms with Gasteiger partial charge in [-0.3, -0.25) is 9.89 Å². The minimum absolute atomic E-state index is 0.552. The summed E-state index contributed by atoms with van der Waals surface area (Å²) in [6.45, 7) is 10.4. The Morgan fingerprint density at radius 3 is 2.52 bits per heavy atom. The molecule has 2 aliphatic rings. The maximum atomic E-state index is 4.34. The first-order chi connectivity index (χ1) is 11.1. The molecule has 5 nitrogen and oxygen atoms in total. The molecule has 1 unspecified atom stereocenters. The van der Waals surface area contributed by atoms with Crippen LogP contribution in [-0.2, 0) is 0 Å². The van der Waals surface area contributed by atoms with Crippen molar-refractivity contribution in [2.45, 2.75) is 58.0 Å². The van der Waals surface area contributed by atoms with Gasteiger partial charge in [0.15, 0.2) is 5.96 Å². The van der Waals surface area contributed by atoms with E-state index in [4.69, 9.17) is 0 Å². The van der Waals surface area contributed by atoms with Crippen molar-refractivity contribution >= 4 is 5.96 Å². The topological polar surface area (TPSA) is 42.9 Å². The van der Waals surface area contributed by atoms with E-state index in [1.807, 2.05) is 7.05 Å². The van der Waals surface area contributed by atoms with Crippen molar-refractivity contribution in [3.63, 3.8) is 0 Å². The number of likely N-dealkylation sites (N-methyl/N-ethyl adjacent to an activating group) is 1. The molecule has 1 aliphatic carbocycles. The zero-order valence-corrected chi connectivity index (χ0v) is 15.6. The molecule has 1 saturated carbocycles. The molecule has 0 radical (unpaired) electrons. The van der Waals surface area contributed by atoms with E-state index in [9.17, 15) is 0 Å². The number of likely N-dealkylation sites (tertiary alicyclic amines) is 1. The van der Waals surface area contributed by atoms with E-state index >= 15 is 0 Å². The van der Waals surface area contributed by atoms with Gasteiger partial charge >= 0.3 is 0 Å². The minimum atomic E-state index is 0.552. The monoisotopic (exact) mass is 323 g/mol. The van der Waals surface area contributed by atoms with Crippen LogP contribution in [0, 0.1) is 5.92 Å². The number of hydrogen-bond donors (Lipinski definition) is 2. The molecule has 1 aliphatic heterocycles. The molecule has 0 aromatic carbocycles. The Bertz CT molecular complexity index is 358. The summed E-state index contributed by atoms with van der Waals surface area (Å²) >= 11 is 0. The molecule has 0 bridgehead atoms. The highest BCUT2D eigenvalue weighted by atomic mass is 15.2. The van der Waals surface area contributed by atoms with Crippen LogP contribution in [0.4, 0.5) is 0 Å². The number of rotatable bonds is 8. The smallest absolute Gasteiger partial charge is 0.191 e. The van der Waals surface area contributed by atoms with Crippen molar-refractivity contribution in [1.29, 1.82) is 0 Å². The fraction of sp³-hybridized carbons (Fsp3) is 0.944. The molecular formula is C18H37N5. The zero-order valence-electron chi connectivity index (χ0n) is 15.6. The van der Waals surface area contributed by atoms with Crippen molar-refractivity contribution in [2.75, 3.05) is 46.8 Å². The van der Waals surface area contributed by atoms with Crippen molar-refractivity contribution in [1.82, 2.24) is 20.4 Å². The fourth-order valence-electron chi connectivity index (χ4n) is 3.25. The highest BCUT2D eigenvalue weighted by Crippen LogP contribution is 2.26. The van der Waals surface area contributed by atoms with Crippen LogP contribution < -0.4 is 10.6 Å². The third-order valence-electron chi connectivity index (χ3n) is 5.43. The predicted molar refractivity (Wildman–Crippen MR) is 99.1 cm³/mol. The summed E-state index contributed by atoms with van der Waals surface area (Å²) in [5, 5.41) is 6.91. The van der Waals surface area contributed by atoms with Crippen molar-refractivity contribution < 1.29 is 0 Å². The van der Waals surface area contributed by atoms with E-state index in [0.29, 0.717) is 6.04 Å². The first-order valence-electron chi connectivity index (χ1n) is 9.49. The lowest BCUT2D eigenvalue weighted by molar-refractivity contribution is 0.191. The molecule has 1 saturated heterocycles. The fourth-order valence-corrected chi connectivity index (χ4v) is 3.25. The summed E-state index contributed by atoms with van der Waals surface area (Å²) in [5.41, 5.74) is 0. The second kappa shape index (κ2) is 9.48. The molecular weight excluding hydrogens is 286 g/mol. The van der Waals surface area contributed by atoms with E-state index < -0.39 is 0 Å². The lowest BCUT2D eigenvalue weighted by atomic mass is 9.99. The van der Waals surface area contributed by atoms with Crippen LogP contribution in [0.15, 0.2) is 4.99 Å². The number of nitrogens with one attached hydrogen (secondary N) is 2. The van der Waals surface area contributed by atoms with Crippen LogP contribution in [0.5, 0.6) is 0 Å².